The van der Waals surface area contributed by atoms with Crippen molar-refractivity contribution < 1.29 is 4.79 Å². The number of carbonyl (C=O) groups excluding carboxylic acids is 1. The SMILES string of the molecule is CC(C)=CCC(=O)N(C)C. The van der Waals surface area contributed by atoms with E-state index in [0.717, 1.165) is 0 Å². The van der Waals surface area contributed by atoms with Crippen LogP contribution in [0, 0.1) is 0 Å². The Morgan fingerprint density at radius 1 is 1.40 bits per heavy atom. The van der Waals surface area contributed by atoms with Crippen LogP contribution in [0.25, 0.3) is 0 Å². The molecule has 0 fully saturated rings. The molecule has 0 rings (SSSR count). The van der Waals surface area contributed by atoms with Gasteiger partial charge >= 0.3 is 0 Å². The van der Waals surface area contributed by atoms with Gasteiger partial charge in [0.15, 0.2) is 0 Å². The van der Waals surface area contributed by atoms with Gasteiger partial charge in [0.05, 0.1) is 0 Å². The molecule has 0 radical (unpaired) electrons. The number of carbonyl (C=O) groups is 1. The average molecular weight is 141 g/mol. The number of allylic oxidation sites excluding steroid dienone is 1. The second kappa shape index (κ2) is 4.09. The third kappa shape index (κ3) is 4.13. The first-order valence-electron chi connectivity index (χ1n) is 3.37. The summed E-state index contributed by atoms with van der Waals surface area (Å²) in [6.07, 6.45) is 2.46. The molecule has 0 N–H and O–H groups in total. The van der Waals surface area contributed by atoms with Crippen LogP contribution in [0.3, 0.4) is 0 Å². The third-order valence-corrected chi connectivity index (χ3v) is 1.18. The molecule has 0 aromatic rings. The maximum atomic E-state index is 10.9. The van der Waals surface area contributed by atoms with E-state index in [1.54, 1.807) is 19.0 Å². The maximum absolute atomic E-state index is 10.9. The van der Waals surface area contributed by atoms with Crippen LogP contribution in [-0.2, 0) is 4.79 Å². The molecule has 0 atom stereocenters. The maximum Gasteiger partial charge on any atom is 0.225 e. The predicted octanol–water partition coefficient (Wildman–Crippen LogP) is 1.43. The summed E-state index contributed by atoms with van der Waals surface area (Å²) in [6, 6.07) is 0. The van der Waals surface area contributed by atoms with E-state index in [9.17, 15) is 4.79 Å². The Morgan fingerprint density at radius 2 is 1.90 bits per heavy atom. The molecule has 58 valence electrons. The van der Waals surface area contributed by atoms with Gasteiger partial charge in [-0.1, -0.05) is 11.6 Å². The van der Waals surface area contributed by atoms with E-state index in [4.69, 9.17) is 0 Å². The van der Waals surface area contributed by atoms with Crippen molar-refractivity contribution in [2.24, 2.45) is 0 Å². The molecule has 0 aromatic heterocycles. The quantitative estimate of drug-likeness (QED) is 0.533. The number of amides is 1. The van der Waals surface area contributed by atoms with Crippen molar-refractivity contribution >= 4 is 5.91 Å². The van der Waals surface area contributed by atoms with Crippen LogP contribution in [0.1, 0.15) is 20.3 Å². The summed E-state index contributed by atoms with van der Waals surface area (Å²) in [7, 11) is 3.53. The van der Waals surface area contributed by atoms with Crippen molar-refractivity contribution in [2.75, 3.05) is 14.1 Å². The van der Waals surface area contributed by atoms with Gasteiger partial charge in [-0.05, 0) is 13.8 Å². The monoisotopic (exact) mass is 141 g/mol. The minimum atomic E-state index is 0.154. The smallest absolute Gasteiger partial charge is 0.225 e. The molecule has 0 bridgehead atoms. The second-order valence-electron chi connectivity index (χ2n) is 2.77. The van der Waals surface area contributed by atoms with E-state index in [2.05, 4.69) is 0 Å². The normalized spacial score (nSPS) is 8.80. The minimum absolute atomic E-state index is 0.154. The standard InChI is InChI=1S/C8H15NO/c1-7(2)5-6-8(10)9(3)4/h5H,6H2,1-4H3. The molecule has 0 unspecified atom stereocenters. The first kappa shape index (κ1) is 9.21. The molecule has 1 amide bonds. The molecule has 0 spiro atoms. The molecule has 0 aromatic carbocycles. The lowest BCUT2D eigenvalue weighted by Gasteiger charge is -2.07. The second-order valence-corrected chi connectivity index (χ2v) is 2.77. The van der Waals surface area contributed by atoms with Gasteiger partial charge in [-0.2, -0.15) is 0 Å². The summed E-state index contributed by atoms with van der Waals surface area (Å²) < 4.78 is 0. The van der Waals surface area contributed by atoms with Crippen LogP contribution in [0.4, 0.5) is 0 Å². The van der Waals surface area contributed by atoms with Crippen molar-refractivity contribution in [2.45, 2.75) is 20.3 Å². The van der Waals surface area contributed by atoms with Crippen molar-refractivity contribution in [3.8, 4) is 0 Å². The summed E-state index contributed by atoms with van der Waals surface area (Å²) in [4.78, 5) is 12.5. The lowest BCUT2D eigenvalue weighted by atomic mass is 10.2. The molecule has 0 aliphatic carbocycles. The highest BCUT2D eigenvalue weighted by Gasteiger charge is 1.98. The van der Waals surface area contributed by atoms with E-state index in [1.807, 2.05) is 19.9 Å². The van der Waals surface area contributed by atoms with Crippen LogP contribution in [0.5, 0.6) is 0 Å². The fourth-order valence-electron chi connectivity index (χ4n) is 0.474. The lowest BCUT2D eigenvalue weighted by Crippen LogP contribution is -2.20. The first-order valence-corrected chi connectivity index (χ1v) is 3.37. The minimum Gasteiger partial charge on any atom is -0.349 e. The summed E-state index contributed by atoms with van der Waals surface area (Å²) in [5.74, 6) is 0.154. The van der Waals surface area contributed by atoms with Crippen molar-refractivity contribution in [1.29, 1.82) is 0 Å². The summed E-state index contributed by atoms with van der Waals surface area (Å²) in [5, 5.41) is 0. The zero-order valence-corrected chi connectivity index (χ0v) is 7.14. The largest absolute Gasteiger partial charge is 0.349 e. The third-order valence-electron chi connectivity index (χ3n) is 1.18. The topological polar surface area (TPSA) is 20.3 Å². The van der Waals surface area contributed by atoms with Gasteiger partial charge in [0, 0.05) is 20.5 Å². The van der Waals surface area contributed by atoms with E-state index >= 15 is 0 Å². The van der Waals surface area contributed by atoms with Crippen LogP contribution in [-0.4, -0.2) is 24.9 Å². The highest BCUT2D eigenvalue weighted by molar-refractivity contribution is 5.77. The average Bonchev–Trinajstić information content (AvgIpc) is 1.82. The Labute approximate surface area is 62.5 Å². The van der Waals surface area contributed by atoms with Gasteiger partial charge in [-0.15, -0.1) is 0 Å². The number of nitrogens with zero attached hydrogens (tertiary/aromatic N) is 1. The van der Waals surface area contributed by atoms with Crippen LogP contribution < -0.4 is 0 Å². The van der Waals surface area contributed by atoms with E-state index in [-0.39, 0.29) is 5.91 Å². The van der Waals surface area contributed by atoms with Gasteiger partial charge in [-0.3, -0.25) is 4.79 Å². The molecular weight excluding hydrogens is 126 g/mol. The summed E-state index contributed by atoms with van der Waals surface area (Å²) in [5.41, 5.74) is 1.19. The van der Waals surface area contributed by atoms with Gasteiger partial charge in [0.1, 0.15) is 0 Å². The Balaban J connectivity index is 3.71. The Kier molecular flexibility index (Phi) is 3.77. The van der Waals surface area contributed by atoms with Crippen molar-refractivity contribution in [1.82, 2.24) is 4.90 Å². The Morgan fingerprint density at radius 3 is 2.20 bits per heavy atom. The Bertz CT molecular complexity index is 143. The zero-order chi connectivity index (χ0) is 8.15. The highest BCUT2D eigenvalue weighted by atomic mass is 16.2. The van der Waals surface area contributed by atoms with Crippen LogP contribution in [0.2, 0.25) is 0 Å². The molecular formula is C8H15NO. The summed E-state index contributed by atoms with van der Waals surface area (Å²) >= 11 is 0. The molecule has 2 heteroatoms. The van der Waals surface area contributed by atoms with Crippen molar-refractivity contribution in [3.63, 3.8) is 0 Å². The van der Waals surface area contributed by atoms with Gasteiger partial charge < -0.3 is 4.90 Å². The number of hydrogen-bond donors (Lipinski definition) is 0. The first-order chi connectivity index (χ1) is 4.54. The molecule has 2 nitrogen and oxygen atoms in total. The van der Waals surface area contributed by atoms with Crippen LogP contribution >= 0.6 is 0 Å². The van der Waals surface area contributed by atoms with Crippen LogP contribution in [0.15, 0.2) is 11.6 Å². The van der Waals surface area contributed by atoms with Gasteiger partial charge in [-0.25, -0.2) is 0 Å². The number of hydrogen-bond acceptors (Lipinski definition) is 1. The molecule has 0 saturated carbocycles. The van der Waals surface area contributed by atoms with E-state index in [1.165, 1.54) is 5.57 Å². The molecule has 0 saturated heterocycles. The van der Waals surface area contributed by atoms with E-state index < -0.39 is 0 Å². The van der Waals surface area contributed by atoms with Gasteiger partial charge in [0.25, 0.3) is 0 Å². The molecule has 0 aliphatic heterocycles. The fraction of sp³-hybridized carbons (Fsp3) is 0.625. The number of rotatable bonds is 2. The molecule has 0 aliphatic rings. The Hall–Kier alpha value is -0.790. The van der Waals surface area contributed by atoms with Crippen molar-refractivity contribution in [3.05, 3.63) is 11.6 Å². The fourth-order valence-corrected chi connectivity index (χ4v) is 0.474. The predicted molar refractivity (Wildman–Crippen MR) is 42.7 cm³/mol. The zero-order valence-electron chi connectivity index (χ0n) is 7.14. The van der Waals surface area contributed by atoms with E-state index in [0.29, 0.717) is 6.42 Å². The molecule has 10 heavy (non-hydrogen) atoms. The van der Waals surface area contributed by atoms with Gasteiger partial charge in [0.2, 0.25) is 5.91 Å². The summed E-state index contributed by atoms with van der Waals surface area (Å²) in [6.45, 7) is 3.98. The lowest BCUT2D eigenvalue weighted by molar-refractivity contribution is -0.127. The molecule has 0 heterocycles. The highest BCUT2D eigenvalue weighted by Crippen LogP contribution is 1.94.